The third-order valence-electron chi connectivity index (χ3n) is 4.21. The fourth-order valence-corrected chi connectivity index (χ4v) is 3.08. The van der Waals surface area contributed by atoms with Crippen molar-refractivity contribution in [2.24, 2.45) is 0 Å². The van der Waals surface area contributed by atoms with Crippen molar-refractivity contribution in [3.05, 3.63) is 35.9 Å². The van der Waals surface area contributed by atoms with Crippen LogP contribution in [0.4, 0.5) is 0 Å². The Bertz CT molecular complexity index is 778. The van der Waals surface area contributed by atoms with Gasteiger partial charge in [0.25, 0.3) is 0 Å². The minimum Gasteiger partial charge on any atom is -0.463 e. The Kier molecular flexibility index (Phi) is 8.95. The Morgan fingerprint density at radius 3 is 1.90 bits per heavy atom. The van der Waals surface area contributed by atoms with Crippen molar-refractivity contribution in [2.45, 2.75) is 65.0 Å². The van der Waals surface area contributed by atoms with Gasteiger partial charge in [-0.3, -0.25) is 19.2 Å². The molecule has 1 heterocycles. The number of hydrogen-bond donors (Lipinski definition) is 0. The van der Waals surface area contributed by atoms with Crippen LogP contribution in [0.3, 0.4) is 0 Å². The average Bonchev–Trinajstić information content (AvgIpc) is 2.67. The molecule has 1 fully saturated rings. The minimum atomic E-state index is -1.40. The van der Waals surface area contributed by atoms with E-state index in [9.17, 15) is 19.2 Å². The zero-order chi connectivity index (χ0) is 23.0. The van der Waals surface area contributed by atoms with Gasteiger partial charge in [-0.1, -0.05) is 30.3 Å². The molecule has 0 saturated carbocycles. The normalized spacial score (nSPS) is 25.2. The van der Waals surface area contributed by atoms with Crippen molar-refractivity contribution in [3.63, 3.8) is 0 Å². The van der Waals surface area contributed by atoms with Crippen molar-refractivity contribution < 1.29 is 47.6 Å². The summed E-state index contributed by atoms with van der Waals surface area (Å²) in [5.41, 5.74) is 0.821. The topological polar surface area (TPSA) is 124 Å². The molecule has 0 N–H and O–H groups in total. The van der Waals surface area contributed by atoms with E-state index in [1.54, 1.807) is 0 Å². The van der Waals surface area contributed by atoms with Gasteiger partial charge in [0.2, 0.25) is 12.4 Å². The number of rotatable bonds is 8. The van der Waals surface area contributed by atoms with Gasteiger partial charge in [0, 0.05) is 27.7 Å². The van der Waals surface area contributed by atoms with Gasteiger partial charge in [-0.25, -0.2) is 0 Å². The second-order valence-electron chi connectivity index (χ2n) is 6.86. The first kappa shape index (κ1) is 24.3. The quantitative estimate of drug-likeness (QED) is 0.433. The summed E-state index contributed by atoms with van der Waals surface area (Å²) in [6.45, 7) is 4.54. The SMILES string of the molecule is CC(=O)OC[C@H]1O[C@H](OC(C)=O)[C@@H](OC(C)=O)[C@@H](OC(C)=O)[C@@H]1OCc1ccccc1. The molecule has 1 saturated heterocycles. The summed E-state index contributed by atoms with van der Waals surface area (Å²) in [7, 11) is 0. The zero-order valence-electron chi connectivity index (χ0n) is 17.8. The van der Waals surface area contributed by atoms with Gasteiger partial charge >= 0.3 is 23.9 Å². The highest BCUT2D eigenvalue weighted by atomic mass is 16.7. The Hall–Kier alpha value is -2.98. The number of benzene rings is 1. The molecular formula is C21H26O10. The van der Waals surface area contributed by atoms with Crippen molar-refractivity contribution in [1.29, 1.82) is 0 Å². The number of esters is 4. The standard InChI is InChI=1S/C21H26O10/c1-12(22)26-11-17-18(27-10-16-8-6-5-7-9-16)19(28-13(2)23)20(29-14(3)24)21(31-17)30-15(4)25/h5-9,17-21H,10-11H2,1-4H3/t17-,18-,19+,20+,21+/m1/s1. The number of carbonyl (C=O) groups excluding carboxylic acids is 4. The minimum absolute atomic E-state index is 0.105. The molecule has 0 amide bonds. The molecular weight excluding hydrogens is 412 g/mol. The fourth-order valence-electron chi connectivity index (χ4n) is 3.08. The highest BCUT2D eigenvalue weighted by Gasteiger charge is 2.52. The van der Waals surface area contributed by atoms with E-state index in [0.717, 1.165) is 19.4 Å². The van der Waals surface area contributed by atoms with Crippen LogP contribution in [-0.2, 0) is 54.2 Å². The van der Waals surface area contributed by atoms with Crippen molar-refractivity contribution in [1.82, 2.24) is 0 Å². The molecule has 1 aromatic rings. The predicted octanol–water partition coefficient (Wildman–Crippen LogP) is 1.29. The van der Waals surface area contributed by atoms with Crippen LogP contribution in [0.1, 0.15) is 33.3 Å². The van der Waals surface area contributed by atoms with Crippen molar-refractivity contribution >= 4 is 23.9 Å². The van der Waals surface area contributed by atoms with Crippen LogP contribution < -0.4 is 0 Å². The summed E-state index contributed by atoms with van der Waals surface area (Å²) in [4.78, 5) is 46.4. The molecule has 1 aliphatic rings. The molecule has 1 aromatic carbocycles. The molecule has 0 unspecified atom stereocenters. The summed E-state index contributed by atoms with van der Waals surface area (Å²) >= 11 is 0. The van der Waals surface area contributed by atoms with E-state index in [2.05, 4.69) is 0 Å². The van der Waals surface area contributed by atoms with Gasteiger partial charge in [-0.2, -0.15) is 0 Å². The molecule has 31 heavy (non-hydrogen) atoms. The maximum absolute atomic E-state index is 11.8. The molecule has 10 nitrogen and oxygen atoms in total. The van der Waals surface area contributed by atoms with Crippen LogP contribution in [0.25, 0.3) is 0 Å². The third-order valence-corrected chi connectivity index (χ3v) is 4.21. The average molecular weight is 438 g/mol. The second-order valence-corrected chi connectivity index (χ2v) is 6.86. The molecule has 170 valence electrons. The first-order chi connectivity index (χ1) is 14.7. The Morgan fingerprint density at radius 1 is 0.774 bits per heavy atom. The van der Waals surface area contributed by atoms with Crippen LogP contribution in [0.2, 0.25) is 0 Å². The highest BCUT2D eigenvalue weighted by molar-refractivity contribution is 5.68. The Labute approximate surface area is 179 Å². The van der Waals surface area contributed by atoms with E-state index >= 15 is 0 Å². The Morgan fingerprint density at radius 2 is 1.35 bits per heavy atom. The molecule has 1 aliphatic heterocycles. The van der Waals surface area contributed by atoms with Gasteiger partial charge in [0.15, 0.2) is 6.10 Å². The fraction of sp³-hybridized carbons (Fsp3) is 0.524. The number of carbonyl (C=O) groups is 4. The molecule has 0 aliphatic carbocycles. The van der Waals surface area contributed by atoms with Crippen LogP contribution in [0, 0.1) is 0 Å². The van der Waals surface area contributed by atoms with Crippen LogP contribution in [0.5, 0.6) is 0 Å². The first-order valence-corrected chi connectivity index (χ1v) is 9.63. The van der Waals surface area contributed by atoms with E-state index in [0.29, 0.717) is 0 Å². The summed E-state index contributed by atoms with van der Waals surface area (Å²) in [5.74, 6) is -2.66. The predicted molar refractivity (Wildman–Crippen MR) is 103 cm³/mol. The largest absolute Gasteiger partial charge is 0.463 e. The maximum Gasteiger partial charge on any atom is 0.305 e. The number of ether oxygens (including phenoxy) is 6. The summed E-state index contributed by atoms with van der Waals surface area (Å²) in [6.07, 6.45) is -5.86. The maximum atomic E-state index is 11.8. The summed E-state index contributed by atoms with van der Waals surface area (Å²) < 4.78 is 32.6. The monoisotopic (exact) mass is 438 g/mol. The van der Waals surface area contributed by atoms with Crippen molar-refractivity contribution in [3.8, 4) is 0 Å². The molecule has 0 spiro atoms. The molecule has 0 radical (unpaired) electrons. The van der Waals surface area contributed by atoms with Crippen LogP contribution >= 0.6 is 0 Å². The van der Waals surface area contributed by atoms with Crippen LogP contribution in [-0.4, -0.2) is 61.2 Å². The summed E-state index contributed by atoms with van der Waals surface area (Å²) in [5, 5.41) is 0. The van der Waals surface area contributed by atoms with Gasteiger partial charge in [0.1, 0.15) is 18.8 Å². The lowest BCUT2D eigenvalue weighted by molar-refractivity contribution is -0.305. The molecule has 10 heteroatoms. The molecule has 0 aromatic heterocycles. The molecule has 5 atom stereocenters. The van der Waals surface area contributed by atoms with E-state index in [1.807, 2.05) is 30.3 Å². The zero-order valence-corrected chi connectivity index (χ0v) is 17.8. The smallest absolute Gasteiger partial charge is 0.305 e. The van der Waals surface area contributed by atoms with E-state index in [-0.39, 0.29) is 13.2 Å². The van der Waals surface area contributed by atoms with E-state index in [4.69, 9.17) is 28.4 Å². The van der Waals surface area contributed by atoms with Crippen LogP contribution in [0.15, 0.2) is 30.3 Å². The molecule has 2 rings (SSSR count). The van der Waals surface area contributed by atoms with E-state index in [1.165, 1.54) is 13.8 Å². The second kappa shape index (κ2) is 11.4. The Balaban J connectivity index is 2.37. The highest BCUT2D eigenvalue weighted by Crippen LogP contribution is 2.30. The summed E-state index contributed by atoms with van der Waals surface area (Å²) in [6, 6.07) is 9.16. The van der Waals surface area contributed by atoms with Gasteiger partial charge in [-0.15, -0.1) is 0 Å². The van der Waals surface area contributed by atoms with Gasteiger partial charge < -0.3 is 28.4 Å². The van der Waals surface area contributed by atoms with Gasteiger partial charge in [-0.05, 0) is 5.56 Å². The number of hydrogen-bond acceptors (Lipinski definition) is 10. The lowest BCUT2D eigenvalue weighted by Gasteiger charge is -2.44. The third kappa shape index (κ3) is 7.65. The molecule has 0 bridgehead atoms. The van der Waals surface area contributed by atoms with Crippen molar-refractivity contribution in [2.75, 3.05) is 6.61 Å². The lowest BCUT2D eigenvalue weighted by atomic mass is 9.98. The lowest BCUT2D eigenvalue weighted by Crippen LogP contribution is -2.62. The first-order valence-electron chi connectivity index (χ1n) is 9.63. The van der Waals surface area contributed by atoms with Gasteiger partial charge in [0.05, 0.1) is 6.61 Å². The van der Waals surface area contributed by atoms with E-state index < -0.39 is 54.6 Å².